The van der Waals surface area contributed by atoms with Crippen LogP contribution in [0, 0.1) is 24.0 Å². The average Bonchev–Trinajstić information content (AvgIpc) is 3.08. The standard InChI is InChI=1S/C22H18ClN5O3S/c1-13-10-20(32-12-19(29)25-17-4-3-5-18(11-17)28(30)31)27-22(24-13)21(14(2)26-27)15-6-8-16(23)9-7-15/h3-11H,12H2,1-2H3,(H,25,29). The second-order valence-corrected chi connectivity index (χ2v) is 8.51. The number of nitrogens with one attached hydrogen (secondary N) is 1. The van der Waals surface area contributed by atoms with Gasteiger partial charge in [0.2, 0.25) is 5.91 Å². The molecule has 0 aliphatic heterocycles. The summed E-state index contributed by atoms with van der Waals surface area (Å²) < 4.78 is 1.73. The molecular weight excluding hydrogens is 450 g/mol. The first-order chi connectivity index (χ1) is 15.3. The zero-order chi connectivity index (χ0) is 22.8. The van der Waals surface area contributed by atoms with Gasteiger partial charge in [-0.3, -0.25) is 14.9 Å². The van der Waals surface area contributed by atoms with E-state index in [0.717, 1.165) is 27.5 Å². The molecule has 1 N–H and O–H groups in total. The molecule has 0 saturated carbocycles. The van der Waals surface area contributed by atoms with Gasteiger partial charge in [0.1, 0.15) is 5.03 Å². The summed E-state index contributed by atoms with van der Waals surface area (Å²) in [6.07, 6.45) is 0. The molecule has 1 amide bonds. The molecule has 0 radical (unpaired) electrons. The van der Waals surface area contributed by atoms with Crippen molar-refractivity contribution in [3.05, 3.63) is 81.1 Å². The SMILES string of the molecule is Cc1cc(SCC(=O)Nc2cccc([N+](=O)[O-])c2)n2nc(C)c(-c3ccc(Cl)cc3)c2n1. The highest BCUT2D eigenvalue weighted by Crippen LogP contribution is 2.31. The Bertz CT molecular complexity index is 1340. The minimum absolute atomic E-state index is 0.0799. The minimum atomic E-state index is -0.501. The third-order valence-corrected chi connectivity index (χ3v) is 5.93. The Morgan fingerprint density at radius 3 is 2.66 bits per heavy atom. The monoisotopic (exact) mass is 467 g/mol. The fourth-order valence-corrected chi connectivity index (χ4v) is 4.28. The molecule has 10 heteroatoms. The van der Waals surface area contributed by atoms with E-state index in [4.69, 9.17) is 11.6 Å². The number of nitro groups is 1. The van der Waals surface area contributed by atoms with Crippen LogP contribution in [-0.2, 0) is 4.79 Å². The van der Waals surface area contributed by atoms with Gasteiger partial charge in [0.15, 0.2) is 5.65 Å². The number of aromatic nitrogens is 3. The fraction of sp³-hybridized carbons (Fsp3) is 0.136. The van der Waals surface area contributed by atoms with Crippen molar-refractivity contribution in [1.29, 1.82) is 0 Å². The van der Waals surface area contributed by atoms with Gasteiger partial charge in [-0.2, -0.15) is 5.10 Å². The van der Waals surface area contributed by atoms with E-state index in [9.17, 15) is 14.9 Å². The van der Waals surface area contributed by atoms with Crippen LogP contribution in [-0.4, -0.2) is 31.2 Å². The van der Waals surface area contributed by atoms with E-state index in [-0.39, 0.29) is 17.3 Å². The molecule has 2 aromatic heterocycles. The third kappa shape index (κ3) is 4.58. The summed E-state index contributed by atoms with van der Waals surface area (Å²) >= 11 is 7.34. The number of rotatable bonds is 6. The summed E-state index contributed by atoms with van der Waals surface area (Å²) in [5.41, 5.74) is 4.48. The molecule has 8 nitrogen and oxygen atoms in total. The van der Waals surface area contributed by atoms with Gasteiger partial charge in [-0.15, -0.1) is 0 Å². The van der Waals surface area contributed by atoms with Gasteiger partial charge >= 0.3 is 0 Å². The van der Waals surface area contributed by atoms with E-state index >= 15 is 0 Å². The highest BCUT2D eigenvalue weighted by molar-refractivity contribution is 7.99. The Balaban J connectivity index is 1.58. The molecule has 2 aromatic carbocycles. The van der Waals surface area contributed by atoms with Crippen LogP contribution in [0.4, 0.5) is 11.4 Å². The number of benzene rings is 2. The molecule has 0 spiro atoms. The number of fused-ring (bicyclic) bond motifs is 1. The number of aryl methyl sites for hydroxylation is 2. The molecule has 32 heavy (non-hydrogen) atoms. The van der Waals surface area contributed by atoms with E-state index in [1.165, 1.54) is 30.0 Å². The van der Waals surface area contributed by atoms with Crippen LogP contribution in [0.15, 0.2) is 59.6 Å². The van der Waals surface area contributed by atoms with Crippen molar-refractivity contribution in [2.75, 3.05) is 11.1 Å². The topological polar surface area (TPSA) is 102 Å². The predicted octanol–water partition coefficient (Wildman–Crippen LogP) is 5.31. The first-order valence-electron chi connectivity index (χ1n) is 9.62. The van der Waals surface area contributed by atoms with E-state index < -0.39 is 4.92 Å². The zero-order valence-electron chi connectivity index (χ0n) is 17.2. The van der Waals surface area contributed by atoms with Gasteiger partial charge in [-0.25, -0.2) is 9.50 Å². The van der Waals surface area contributed by atoms with Crippen molar-refractivity contribution in [3.63, 3.8) is 0 Å². The van der Waals surface area contributed by atoms with E-state index in [2.05, 4.69) is 15.4 Å². The number of amides is 1. The summed E-state index contributed by atoms with van der Waals surface area (Å²) in [7, 11) is 0. The van der Waals surface area contributed by atoms with Crippen molar-refractivity contribution >= 4 is 46.3 Å². The third-order valence-electron chi connectivity index (χ3n) is 4.68. The Morgan fingerprint density at radius 2 is 1.94 bits per heavy atom. The smallest absolute Gasteiger partial charge is 0.271 e. The van der Waals surface area contributed by atoms with Crippen LogP contribution >= 0.6 is 23.4 Å². The largest absolute Gasteiger partial charge is 0.325 e. The maximum Gasteiger partial charge on any atom is 0.271 e. The van der Waals surface area contributed by atoms with Crippen molar-refractivity contribution in [3.8, 4) is 11.1 Å². The summed E-state index contributed by atoms with van der Waals surface area (Å²) in [4.78, 5) is 27.5. The van der Waals surface area contributed by atoms with Crippen LogP contribution in [0.5, 0.6) is 0 Å². The van der Waals surface area contributed by atoms with E-state index in [1.54, 1.807) is 10.6 Å². The van der Waals surface area contributed by atoms with Crippen LogP contribution in [0.2, 0.25) is 5.02 Å². The molecule has 0 bridgehead atoms. The molecule has 0 fully saturated rings. The van der Waals surface area contributed by atoms with Gasteiger partial charge in [-0.1, -0.05) is 41.6 Å². The number of thioether (sulfide) groups is 1. The summed E-state index contributed by atoms with van der Waals surface area (Å²) in [6, 6.07) is 15.2. The zero-order valence-corrected chi connectivity index (χ0v) is 18.8. The second-order valence-electron chi connectivity index (χ2n) is 7.08. The molecule has 2 heterocycles. The molecule has 0 unspecified atom stereocenters. The highest BCUT2D eigenvalue weighted by atomic mass is 35.5. The van der Waals surface area contributed by atoms with Crippen LogP contribution in [0.1, 0.15) is 11.4 Å². The van der Waals surface area contributed by atoms with Gasteiger partial charge in [0.25, 0.3) is 5.69 Å². The first-order valence-corrected chi connectivity index (χ1v) is 11.0. The quantitative estimate of drug-likeness (QED) is 0.178. The summed E-state index contributed by atoms with van der Waals surface area (Å²) in [5.74, 6) is -0.170. The lowest BCUT2D eigenvalue weighted by Crippen LogP contribution is -2.14. The minimum Gasteiger partial charge on any atom is -0.325 e. The lowest BCUT2D eigenvalue weighted by atomic mass is 10.1. The normalized spacial score (nSPS) is 11.0. The number of halogens is 1. The van der Waals surface area contributed by atoms with Gasteiger partial charge in [-0.05, 0) is 43.7 Å². The predicted molar refractivity (Wildman–Crippen MR) is 125 cm³/mol. The van der Waals surface area contributed by atoms with Crippen molar-refractivity contribution < 1.29 is 9.72 Å². The molecule has 0 aliphatic rings. The Morgan fingerprint density at radius 1 is 1.19 bits per heavy atom. The van der Waals surface area contributed by atoms with Gasteiger partial charge in [0, 0.05) is 34.1 Å². The van der Waals surface area contributed by atoms with E-state index in [1.807, 2.05) is 44.2 Å². The van der Waals surface area contributed by atoms with Crippen LogP contribution in [0.3, 0.4) is 0 Å². The molecule has 4 rings (SSSR count). The second kappa shape index (κ2) is 8.97. The molecule has 0 saturated heterocycles. The number of hydrogen-bond acceptors (Lipinski definition) is 6. The molecule has 162 valence electrons. The molecule has 0 atom stereocenters. The summed E-state index contributed by atoms with van der Waals surface area (Å²) in [6.45, 7) is 3.80. The molecule has 4 aromatic rings. The van der Waals surface area contributed by atoms with Crippen LogP contribution in [0.25, 0.3) is 16.8 Å². The Hall–Kier alpha value is -3.43. The number of carbonyl (C=O) groups excluding carboxylic acids is 1. The van der Waals surface area contributed by atoms with Crippen LogP contribution < -0.4 is 5.32 Å². The van der Waals surface area contributed by atoms with Crippen molar-refractivity contribution in [2.45, 2.75) is 18.9 Å². The van der Waals surface area contributed by atoms with E-state index in [0.29, 0.717) is 16.4 Å². The van der Waals surface area contributed by atoms with Gasteiger partial charge in [0.05, 0.1) is 16.4 Å². The first kappa shape index (κ1) is 21.8. The molecular formula is C22H18ClN5O3S. The number of nitro benzene ring substituents is 1. The number of non-ortho nitro benzene ring substituents is 1. The number of carbonyl (C=O) groups is 1. The lowest BCUT2D eigenvalue weighted by Gasteiger charge is -2.08. The van der Waals surface area contributed by atoms with Crippen molar-refractivity contribution in [2.24, 2.45) is 0 Å². The summed E-state index contributed by atoms with van der Waals surface area (Å²) in [5, 5.41) is 19.7. The van der Waals surface area contributed by atoms with Gasteiger partial charge < -0.3 is 5.32 Å². The maximum atomic E-state index is 12.5. The Labute approximate surface area is 192 Å². The maximum absolute atomic E-state index is 12.5. The fourth-order valence-electron chi connectivity index (χ4n) is 3.30. The average molecular weight is 468 g/mol. The number of anilines is 1. The molecule has 0 aliphatic carbocycles. The Kier molecular flexibility index (Phi) is 6.11. The number of hydrogen-bond donors (Lipinski definition) is 1. The number of nitrogens with zero attached hydrogens (tertiary/aromatic N) is 4. The lowest BCUT2D eigenvalue weighted by molar-refractivity contribution is -0.384. The highest BCUT2D eigenvalue weighted by Gasteiger charge is 2.17. The van der Waals surface area contributed by atoms with Crippen molar-refractivity contribution in [1.82, 2.24) is 14.6 Å².